The molecule has 2 aromatic rings. The molecule has 2 aliphatic heterocycles. The van der Waals surface area contributed by atoms with Crippen molar-refractivity contribution in [1.29, 1.82) is 0 Å². The number of fused-ring (bicyclic) bond motifs is 2. The second kappa shape index (κ2) is 6.44. The molecule has 6 heteroatoms. The molecule has 0 aromatic heterocycles. The van der Waals surface area contributed by atoms with Gasteiger partial charge < -0.3 is 10.2 Å². The van der Waals surface area contributed by atoms with E-state index in [0.29, 0.717) is 13.0 Å². The third kappa shape index (κ3) is 2.81. The van der Waals surface area contributed by atoms with E-state index in [1.807, 2.05) is 49.4 Å². The van der Waals surface area contributed by atoms with Gasteiger partial charge in [0.15, 0.2) is 0 Å². The maximum absolute atomic E-state index is 12.4. The highest BCUT2D eigenvalue weighted by Crippen LogP contribution is 2.27. The fourth-order valence-corrected chi connectivity index (χ4v) is 3.82. The van der Waals surface area contributed by atoms with Gasteiger partial charge in [0.2, 0.25) is 5.91 Å². The summed E-state index contributed by atoms with van der Waals surface area (Å²) in [5, 5.41) is 5.14. The molecule has 4 amide bonds. The summed E-state index contributed by atoms with van der Waals surface area (Å²) >= 11 is 0. The second-order valence-electron chi connectivity index (χ2n) is 6.95. The Morgan fingerprint density at radius 2 is 1.96 bits per heavy atom. The van der Waals surface area contributed by atoms with E-state index in [9.17, 15) is 14.4 Å². The number of carbonyl (C=O) groups excluding carboxylic acids is 3. The third-order valence-electron chi connectivity index (χ3n) is 5.23. The Morgan fingerprint density at radius 1 is 1.19 bits per heavy atom. The van der Waals surface area contributed by atoms with Crippen LogP contribution in [0.2, 0.25) is 0 Å². The number of benzene rings is 2. The van der Waals surface area contributed by atoms with Crippen molar-refractivity contribution in [2.75, 3.05) is 13.1 Å². The summed E-state index contributed by atoms with van der Waals surface area (Å²) in [6.45, 7) is 2.28. The standard InChI is InChI=1S/C20H21N3O3/c1-13(15-9-8-14-5-2-3-6-16(14)11-15)21-18(24)12-23-19(25)17-7-4-10-22(17)20(23)26/h2-3,5-6,8-9,11,13,17H,4,7,10,12H2,1H3,(H,21,24)/t13-,17-/m0/s1. The van der Waals surface area contributed by atoms with Crippen LogP contribution in [0.3, 0.4) is 0 Å². The monoisotopic (exact) mass is 351 g/mol. The molecular formula is C20H21N3O3. The van der Waals surface area contributed by atoms with E-state index >= 15 is 0 Å². The predicted molar refractivity (Wildman–Crippen MR) is 97.3 cm³/mol. The topological polar surface area (TPSA) is 69.7 Å². The molecule has 2 fully saturated rings. The zero-order valence-electron chi connectivity index (χ0n) is 14.6. The third-order valence-corrected chi connectivity index (χ3v) is 5.23. The van der Waals surface area contributed by atoms with Crippen LogP contribution >= 0.6 is 0 Å². The highest BCUT2D eigenvalue weighted by atomic mass is 16.2. The van der Waals surface area contributed by atoms with Gasteiger partial charge in [0.25, 0.3) is 5.91 Å². The van der Waals surface area contributed by atoms with Crippen molar-refractivity contribution >= 4 is 28.6 Å². The Hall–Kier alpha value is -2.89. The van der Waals surface area contributed by atoms with Crippen molar-refractivity contribution in [2.45, 2.75) is 31.8 Å². The minimum Gasteiger partial charge on any atom is -0.348 e. The Balaban J connectivity index is 1.42. The van der Waals surface area contributed by atoms with Crippen molar-refractivity contribution in [2.24, 2.45) is 0 Å². The lowest BCUT2D eigenvalue weighted by Gasteiger charge is -2.18. The smallest absolute Gasteiger partial charge is 0.327 e. The van der Waals surface area contributed by atoms with E-state index in [4.69, 9.17) is 0 Å². The van der Waals surface area contributed by atoms with Gasteiger partial charge in [-0.25, -0.2) is 4.79 Å². The van der Waals surface area contributed by atoms with E-state index in [2.05, 4.69) is 5.32 Å². The second-order valence-corrected chi connectivity index (χ2v) is 6.95. The van der Waals surface area contributed by atoms with Gasteiger partial charge in [0.05, 0.1) is 6.04 Å². The van der Waals surface area contributed by atoms with Crippen molar-refractivity contribution in [3.05, 3.63) is 48.0 Å². The average molecular weight is 351 g/mol. The molecule has 0 radical (unpaired) electrons. The van der Waals surface area contributed by atoms with E-state index in [1.54, 1.807) is 4.90 Å². The number of nitrogens with one attached hydrogen (secondary N) is 1. The Bertz CT molecular complexity index is 873. The molecule has 0 unspecified atom stereocenters. The Kier molecular flexibility index (Phi) is 4.11. The van der Waals surface area contributed by atoms with Crippen LogP contribution in [0.4, 0.5) is 4.79 Å². The molecule has 4 rings (SSSR count). The first kappa shape index (κ1) is 16.6. The molecule has 2 atom stereocenters. The van der Waals surface area contributed by atoms with Gasteiger partial charge in [0, 0.05) is 6.54 Å². The summed E-state index contributed by atoms with van der Waals surface area (Å²) in [5.41, 5.74) is 0.983. The van der Waals surface area contributed by atoms with Gasteiger partial charge in [-0.3, -0.25) is 14.5 Å². The molecule has 2 aliphatic rings. The molecule has 1 N–H and O–H groups in total. The molecule has 2 heterocycles. The van der Waals surface area contributed by atoms with Crippen LogP contribution in [0, 0.1) is 0 Å². The van der Waals surface area contributed by atoms with Gasteiger partial charge in [-0.05, 0) is 42.2 Å². The van der Waals surface area contributed by atoms with E-state index in [0.717, 1.165) is 27.7 Å². The number of nitrogens with zero attached hydrogens (tertiary/aromatic N) is 2. The predicted octanol–water partition coefficient (Wildman–Crippen LogP) is 2.44. The molecule has 134 valence electrons. The van der Waals surface area contributed by atoms with Crippen molar-refractivity contribution in [3.8, 4) is 0 Å². The van der Waals surface area contributed by atoms with Crippen molar-refractivity contribution in [1.82, 2.24) is 15.1 Å². The number of carbonyl (C=O) groups is 3. The van der Waals surface area contributed by atoms with Gasteiger partial charge in [-0.15, -0.1) is 0 Å². The minimum atomic E-state index is -0.367. The molecule has 0 spiro atoms. The summed E-state index contributed by atoms with van der Waals surface area (Å²) in [6, 6.07) is 13.2. The number of hydrogen-bond donors (Lipinski definition) is 1. The lowest BCUT2D eigenvalue weighted by atomic mass is 10.0. The highest BCUT2D eigenvalue weighted by molar-refractivity contribution is 6.06. The molecule has 0 aliphatic carbocycles. The van der Waals surface area contributed by atoms with Crippen LogP contribution in [0.15, 0.2) is 42.5 Å². The Labute approximate surface area is 151 Å². The molecule has 0 bridgehead atoms. The van der Waals surface area contributed by atoms with Crippen LogP contribution in [0.5, 0.6) is 0 Å². The first-order valence-corrected chi connectivity index (χ1v) is 8.94. The van der Waals surface area contributed by atoms with Crippen LogP contribution in [-0.4, -0.2) is 46.8 Å². The van der Waals surface area contributed by atoms with Crippen molar-refractivity contribution < 1.29 is 14.4 Å². The first-order chi connectivity index (χ1) is 12.5. The van der Waals surface area contributed by atoms with E-state index < -0.39 is 0 Å². The summed E-state index contributed by atoms with van der Waals surface area (Å²) < 4.78 is 0. The largest absolute Gasteiger partial charge is 0.348 e. The molecule has 2 saturated heterocycles. The number of rotatable bonds is 4. The summed E-state index contributed by atoms with van der Waals surface area (Å²) in [6.07, 6.45) is 1.54. The lowest BCUT2D eigenvalue weighted by Crippen LogP contribution is -2.42. The van der Waals surface area contributed by atoms with Crippen LogP contribution < -0.4 is 5.32 Å². The fraction of sp³-hybridized carbons (Fsp3) is 0.350. The van der Waals surface area contributed by atoms with Gasteiger partial charge in [0.1, 0.15) is 12.6 Å². The highest BCUT2D eigenvalue weighted by Gasteiger charge is 2.47. The zero-order chi connectivity index (χ0) is 18.3. The van der Waals surface area contributed by atoms with Gasteiger partial charge >= 0.3 is 6.03 Å². The lowest BCUT2D eigenvalue weighted by molar-refractivity contribution is -0.132. The summed E-state index contributed by atoms with van der Waals surface area (Å²) in [5.74, 6) is -0.574. The molecule has 6 nitrogen and oxygen atoms in total. The van der Waals surface area contributed by atoms with Crippen LogP contribution in [0.1, 0.15) is 31.4 Å². The molecular weight excluding hydrogens is 330 g/mol. The number of imide groups is 1. The van der Waals surface area contributed by atoms with Crippen LogP contribution in [0.25, 0.3) is 10.8 Å². The van der Waals surface area contributed by atoms with E-state index in [1.165, 1.54) is 0 Å². The molecule has 26 heavy (non-hydrogen) atoms. The average Bonchev–Trinajstić information content (AvgIpc) is 3.21. The Morgan fingerprint density at radius 3 is 2.73 bits per heavy atom. The fourth-order valence-electron chi connectivity index (χ4n) is 3.82. The molecule has 0 saturated carbocycles. The quantitative estimate of drug-likeness (QED) is 0.860. The zero-order valence-corrected chi connectivity index (χ0v) is 14.6. The maximum atomic E-state index is 12.4. The van der Waals surface area contributed by atoms with Crippen LogP contribution in [-0.2, 0) is 9.59 Å². The summed E-state index contributed by atoms with van der Waals surface area (Å²) in [4.78, 5) is 39.6. The SMILES string of the molecule is C[C@H](NC(=O)CN1C(=O)[C@@H]2CCCN2C1=O)c1ccc2ccccc2c1. The summed E-state index contributed by atoms with van der Waals surface area (Å²) in [7, 11) is 0. The van der Waals surface area contributed by atoms with Gasteiger partial charge in [-0.1, -0.05) is 36.4 Å². The molecule has 2 aromatic carbocycles. The first-order valence-electron chi connectivity index (χ1n) is 8.94. The normalized spacial score (nSPS) is 20.6. The minimum absolute atomic E-state index is 0.209. The number of urea groups is 1. The van der Waals surface area contributed by atoms with E-state index in [-0.39, 0.29) is 36.5 Å². The maximum Gasteiger partial charge on any atom is 0.327 e. The van der Waals surface area contributed by atoms with Gasteiger partial charge in [-0.2, -0.15) is 0 Å². The number of amides is 4. The van der Waals surface area contributed by atoms with Crippen molar-refractivity contribution in [3.63, 3.8) is 0 Å². The number of hydrogen-bond acceptors (Lipinski definition) is 3.